The molecule has 9 heteroatoms. The van der Waals surface area contributed by atoms with Crippen molar-refractivity contribution in [1.82, 2.24) is 15.5 Å². The second kappa shape index (κ2) is 12.4. The maximum absolute atomic E-state index is 12.8. The average Bonchev–Trinajstić information content (AvgIpc) is 2.72. The van der Waals surface area contributed by atoms with E-state index < -0.39 is 18.0 Å². The van der Waals surface area contributed by atoms with Crippen LogP contribution in [0.25, 0.3) is 0 Å². The van der Waals surface area contributed by atoms with Crippen LogP contribution >= 0.6 is 11.6 Å². The third-order valence-electron chi connectivity index (χ3n) is 4.53. The van der Waals surface area contributed by atoms with Gasteiger partial charge in [-0.1, -0.05) is 37.6 Å². The van der Waals surface area contributed by atoms with Crippen molar-refractivity contribution in [2.24, 2.45) is 5.92 Å². The number of nitriles is 1. The number of carbonyl (C=O) groups is 2. The van der Waals surface area contributed by atoms with Crippen LogP contribution in [0.2, 0.25) is 5.02 Å². The summed E-state index contributed by atoms with van der Waals surface area (Å²) >= 11 is 5.95. The Morgan fingerprint density at radius 2 is 2.03 bits per heavy atom. The van der Waals surface area contributed by atoms with Crippen LogP contribution in [0, 0.1) is 17.2 Å². The molecular weight excluding hydrogens is 408 g/mol. The van der Waals surface area contributed by atoms with Gasteiger partial charge in [-0.15, -0.1) is 0 Å². The number of rotatable bonds is 9. The molecule has 3 amide bonds. The summed E-state index contributed by atoms with van der Waals surface area (Å²) < 4.78 is 10.8. The number of nitrogens with zero attached hydrogens (tertiary/aromatic N) is 2. The van der Waals surface area contributed by atoms with Crippen LogP contribution in [0.4, 0.5) is 4.79 Å². The predicted molar refractivity (Wildman–Crippen MR) is 113 cm³/mol. The summed E-state index contributed by atoms with van der Waals surface area (Å²) in [6.45, 7) is 6.18. The van der Waals surface area contributed by atoms with Crippen molar-refractivity contribution in [3.63, 3.8) is 0 Å². The zero-order valence-corrected chi connectivity index (χ0v) is 18.2. The van der Waals surface area contributed by atoms with E-state index in [0.29, 0.717) is 37.7 Å². The third-order valence-corrected chi connectivity index (χ3v) is 4.77. The SMILES string of the molecule is CC(C)C[C@H](NC(=O)N1CCOCC1)C(=O)N[C@H](C#N)COCc1cccc(Cl)c1. The highest BCUT2D eigenvalue weighted by molar-refractivity contribution is 6.30. The number of morpholine rings is 1. The minimum absolute atomic E-state index is 0.0283. The molecule has 2 N–H and O–H groups in total. The molecule has 164 valence electrons. The Labute approximate surface area is 182 Å². The molecule has 2 rings (SSSR count). The molecule has 1 aromatic carbocycles. The first kappa shape index (κ1) is 23.9. The van der Waals surface area contributed by atoms with E-state index in [0.717, 1.165) is 5.56 Å². The summed E-state index contributed by atoms with van der Waals surface area (Å²) in [6, 6.07) is 7.40. The molecule has 0 unspecified atom stereocenters. The Morgan fingerprint density at radius 3 is 2.67 bits per heavy atom. The Bertz CT molecular complexity index is 747. The van der Waals surface area contributed by atoms with Gasteiger partial charge in [0.1, 0.15) is 12.1 Å². The lowest BCUT2D eigenvalue weighted by molar-refractivity contribution is -0.124. The summed E-state index contributed by atoms with van der Waals surface area (Å²) in [7, 11) is 0. The van der Waals surface area contributed by atoms with Gasteiger partial charge in [-0.05, 0) is 30.0 Å². The smallest absolute Gasteiger partial charge is 0.318 e. The average molecular weight is 437 g/mol. The van der Waals surface area contributed by atoms with Gasteiger partial charge in [0, 0.05) is 18.1 Å². The van der Waals surface area contributed by atoms with E-state index in [9.17, 15) is 14.9 Å². The van der Waals surface area contributed by atoms with E-state index in [2.05, 4.69) is 10.6 Å². The number of benzene rings is 1. The highest BCUT2D eigenvalue weighted by Crippen LogP contribution is 2.12. The van der Waals surface area contributed by atoms with Crippen molar-refractivity contribution in [1.29, 1.82) is 5.26 Å². The minimum atomic E-state index is -0.827. The second-order valence-electron chi connectivity index (χ2n) is 7.57. The molecule has 8 nitrogen and oxygen atoms in total. The van der Waals surface area contributed by atoms with Gasteiger partial charge < -0.3 is 25.0 Å². The standard InChI is InChI=1S/C21H29ClN4O4/c1-15(2)10-19(25-21(28)26-6-8-29-9-7-26)20(27)24-18(12-23)14-30-13-16-4-3-5-17(22)11-16/h3-5,11,15,18-19H,6-10,13-14H2,1-2H3,(H,24,27)(H,25,28)/t18-,19+/m1/s1. The summed E-state index contributed by atoms with van der Waals surface area (Å²) in [6.07, 6.45) is 0.462. The largest absolute Gasteiger partial charge is 0.378 e. The van der Waals surface area contributed by atoms with Crippen LogP contribution in [-0.2, 0) is 20.9 Å². The molecule has 1 fully saturated rings. The number of halogens is 1. The molecule has 0 aliphatic carbocycles. The first-order valence-electron chi connectivity index (χ1n) is 10.0. The zero-order chi connectivity index (χ0) is 21.9. The predicted octanol–water partition coefficient (Wildman–Crippen LogP) is 2.32. The number of urea groups is 1. The summed E-state index contributed by atoms with van der Waals surface area (Å²) in [4.78, 5) is 26.9. The summed E-state index contributed by atoms with van der Waals surface area (Å²) in [5.74, 6) is -0.214. The van der Waals surface area contributed by atoms with Crippen LogP contribution in [0.1, 0.15) is 25.8 Å². The summed E-state index contributed by atoms with van der Waals surface area (Å²) in [5.41, 5.74) is 0.876. The first-order valence-corrected chi connectivity index (χ1v) is 10.4. The van der Waals surface area contributed by atoms with Crippen molar-refractivity contribution >= 4 is 23.5 Å². The van der Waals surface area contributed by atoms with Crippen LogP contribution in [0.15, 0.2) is 24.3 Å². The van der Waals surface area contributed by atoms with Gasteiger partial charge in [0.25, 0.3) is 0 Å². The van der Waals surface area contributed by atoms with E-state index in [1.54, 1.807) is 17.0 Å². The highest BCUT2D eigenvalue weighted by Gasteiger charge is 2.27. The van der Waals surface area contributed by atoms with Crippen LogP contribution in [-0.4, -0.2) is 61.8 Å². The molecule has 1 aliphatic rings. The molecule has 0 saturated carbocycles. The van der Waals surface area contributed by atoms with E-state index in [1.807, 2.05) is 32.0 Å². The molecule has 1 aliphatic heterocycles. The molecule has 1 heterocycles. The molecule has 1 saturated heterocycles. The third kappa shape index (κ3) is 8.19. The van der Waals surface area contributed by atoms with Crippen molar-refractivity contribution in [2.45, 2.75) is 39.0 Å². The highest BCUT2D eigenvalue weighted by atomic mass is 35.5. The molecule has 0 aromatic heterocycles. The van der Waals surface area contributed by atoms with Gasteiger partial charge in [-0.3, -0.25) is 4.79 Å². The maximum atomic E-state index is 12.8. The molecule has 0 radical (unpaired) electrons. The number of hydrogen-bond donors (Lipinski definition) is 2. The zero-order valence-electron chi connectivity index (χ0n) is 17.4. The molecule has 0 spiro atoms. The molecule has 0 bridgehead atoms. The van der Waals surface area contributed by atoms with E-state index in [1.165, 1.54) is 0 Å². The van der Waals surface area contributed by atoms with Crippen molar-refractivity contribution in [3.05, 3.63) is 34.9 Å². The minimum Gasteiger partial charge on any atom is -0.378 e. The monoisotopic (exact) mass is 436 g/mol. The maximum Gasteiger partial charge on any atom is 0.318 e. The van der Waals surface area contributed by atoms with Crippen LogP contribution < -0.4 is 10.6 Å². The Hall–Kier alpha value is -2.34. The van der Waals surface area contributed by atoms with E-state index in [4.69, 9.17) is 21.1 Å². The second-order valence-corrected chi connectivity index (χ2v) is 8.00. The number of hydrogen-bond acceptors (Lipinski definition) is 5. The van der Waals surface area contributed by atoms with E-state index in [-0.39, 0.29) is 25.2 Å². The summed E-state index contributed by atoms with van der Waals surface area (Å²) in [5, 5.41) is 15.5. The Kier molecular flexibility index (Phi) is 9.87. The number of carbonyl (C=O) groups excluding carboxylic acids is 2. The fraction of sp³-hybridized carbons (Fsp3) is 0.571. The van der Waals surface area contributed by atoms with Crippen molar-refractivity contribution in [3.8, 4) is 6.07 Å². The van der Waals surface area contributed by atoms with Crippen molar-refractivity contribution < 1.29 is 19.1 Å². The molecule has 30 heavy (non-hydrogen) atoms. The quantitative estimate of drug-likeness (QED) is 0.618. The van der Waals surface area contributed by atoms with Crippen molar-refractivity contribution in [2.75, 3.05) is 32.9 Å². The van der Waals surface area contributed by atoms with E-state index >= 15 is 0 Å². The van der Waals surface area contributed by atoms with Gasteiger partial charge >= 0.3 is 6.03 Å². The van der Waals surface area contributed by atoms with Gasteiger partial charge in [0.05, 0.1) is 32.5 Å². The van der Waals surface area contributed by atoms with Gasteiger partial charge in [-0.2, -0.15) is 5.26 Å². The molecule has 2 atom stereocenters. The van der Waals surface area contributed by atoms with Gasteiger partial charge in [-0.25, -0.2) is 4.79 Å². The molecular formula is C21H29ClN4O4. The lowest BCUT2D eigenvalue weighted by atomic mass is 10.0. The first-order chi connectivity index (χ1) is 14.4. The van der Waals surface area contributed by atoms with Gasteiger partial charge in [0.2, 0.25) is 5.91 Å². The Balaban J connectivity index is 1.88. The van der Waals surface area contributed by atoms with Gasteiger partial charge in [0.15, 0.2) is 0 Å². The number of ether oxygens (including phenoxy) is 2. The van der Waals surface area contributed by atoms with Crippen LogP contribution in [0.3, 0.4) is 0 Å². The molecule has 1 aromatic rings. The lowest BCUT2D eigenvalue weighted by Crippen LogP contribution is -2.55. The normalized spacial score (nSPS) is 15.9. The van der Waals surface area contributed by atoms with Crippen LogP contribution in [0.5, 0.6) is 0 Å². The fourth-order valence-electron chi connectivity index (χ4n) is 3.01. The number of nitrogens with one attached hydrogen (secondary N) is 2. The fourth-order valence-corrected chi connectivity index (χ4v) is 3.23. The Morgan fingerprint density at radius 1 is 1.30 bits per heavy atom. The topological polar surface area (TPSA) is 104 Å². The number of amides is 3. The lowest BCUT2D eigenvalue weighted by Gasteiger charge is -2.29.